The number of hydrogen-bond acceptors (Lipinski definition) is 4. The van der Waals surface area contributed by atoms with Gasteiger partial charge in [-0.05, 0) is 17.7 Å². The molecule has 0 unspecified atom stereocenters. The SMILES string of the molecule is CN=C(NCc1ccc(O)c(F)c1)N(C)Cc1ncnn1C.I. The van der Waals surface area contributed by atoms with E-state index in [9.17, 15) is 9.50 Å². The number of hydrogen-bond donors (Lipinski definition) is 2. The number of nitrogens with one attached hydrogen (secondary N) is 1. The van der Waals surface area contributed by atoms with E-state index in [2.05, 4.69) is 20.4 Å². The van der Waals surface area contributed by atoms with Crippen molar-refractivity contribution in [2.24, 2.45) is 12.0 Å². The molecule has 1 aromatic heterocycles. The summed E-state index contributed by atoms with van der Waals surface area (Å²) in [4.78, 5) is 10.2. The van der Waals surface area contributed by atoms with Gasteiger partial charge in [0.2, 0.25) is 0 Å². The highest BCUT2D eigenvalue weighted by Crippen LogP contribution is 2.15. The van der Waals surface area contributed by atoms with Crippen molar-refractivity contribution in [1.29, 1.82) is 0 Å². The smallest absolute Gasteiger partial charge is 0.194 e. The number of benzene rings is 1. The average molecular weight is 434 g/mol. The van der Waals surface area contributed by atoms with Crippen LogP contribution in [0.4, 0.5) is 4.39 Å². The summed E-state index contributed by atoms with van der Waals surface area (Å²) in [5, 5.41) is 16.3. The lowest BCUT2D eigenvalue weighted by Gasteiger charge is -2.21. The zero-order chi connectivity index (χ0) is 16.1. The number of aliphatic imine (C=N–C) groups is 1. The molecule has 2 N–H and O–H groups in total. The second-order valence-electron chi connectivity index (χ2n) is 4.84. The fourth-order valence-electron chi connectivity index (χ4n) is 1.98. The minimum atomic E-state index is -0.637. The molecule has 1 heterocycles. The Hall–Kier alpha value is -1.91. The number of halogens is 2. The Morgan fingerprint density at radius 1 is 1.48 bits per heavy atom. The molecule has 0 fully saturated rings. The van der Waals surface area contributed by atoms with Crippen molar-refractivity contribution in [3.8, 4) is 5.75 Å². The predicted octanol–water partition coefficient (Wildman–Crippen LogP) is 1.49. The van der Waals surface area contributed by atoms with Gasteiger partial charge in [-0.15, -0.1) is 24.0 Å². The summed E-state index contributed by atoms with van der Waals surface area (Å²) in [6, 6.07) is 4.28. The van der Waals surface area contributed by atoms with Crippen LogP contribution < -0.4 is 5.32 Å². The van der Waals surface area contributed by atoms with Crippen molar-refractivity contribution in [3.05, 3.63) is 41.7 Å². The maximum Gasteiger partial charge on any atom is 0.194 e. The first-order valence-electron chi connectivity index (χ1n) is 6.73. The van der Waals surface area contributed by atoms with Gasteiger partial charge in [-0.1, -0.05) is 6.07 Å². The van der Waals surface area contributed by atoms with Crippen LogP contribution in [0, 0.1) is 5.82 Å². The Labute approximate surface area is 151 Å². The van der Waals surface area contributed by atoms with Gasteiger partial charge in [-0.25, -0.2) is 9.37 Å². The highest BCUT2D eigenvalue weighted by Gasteiger charge is 2.10. The fraction of sp³-hybridized carbons (Fsp3) is 0.357. The first kappa shape index (κ1) is 19.1. The van der Waals surface area contributed by atoms with Crippen molar-refractivity contribution in [3.63, 3.8) is 0 Å². The Morgan fingerprint density at radius 2 is 2.22 bits per heavy atom. The van der Waals surface area contributed by atoms with E-state index in [4.69, 9.17) is 0 Å². The van der Waals surface area contributed by atoms with Gasteiger partial charge in [0.1, 0.15) is 12.2 Å². The number of guanidine groups is 1. The molecule has 0 aliphatic rings. The summed E-state index contributed by atoms with van der Waals surface area (Å²) >= 11 is 0. The molecule has 9 heteroatoms. The third-order valence-corrected chi connectivity index (χ3v) is 3.22. The molecule has 0 spiro atoms. The van der Waals surface area contributed by atoms with Crippen LogP contribution in [-0.2, 0) is 20.1 Å². The first-order chi connectivity index (χ1) is 10.5. The van der Waals surface area contributed by atoms with Gasteiger partial charge in [0.05, 0.1) is 6.54 Å². The summed E-state index contributed by atoms with van der Waals surface area (Å²) in [6.07, 6.45) is 1.50. The van der Waals surface area contributed by atoms with Crippen molar-refractivity contribution in [2.45, 2.75) is 13.1 Å². The van der Waals surface area contributed by atoms with Gasteiger partial charge in [-0.2, -0.15) is 5.10 Å². The van der Waals surface area contributed by atoms with Gasteiger partial charge in [0.15, 0.2) is 17.5 Å². The molecule has 0 aliphatic heterocycles. The number of aryl methyl sites for hydroxylation is 1. The van der Waals surface area contributed by atoms with E-state index in [1.165, 1.54) is 18.5 Å². The molecule has 126 valence electrons. The first-order valence-corrected chi connectivity index (χ1v) is 6.73. The number of aromatic nitrogens is 3. The standard InChI is InChI=1S/C14H19FN6O.HI/c1-16-14(20(2)8-13-18-9-19-21(13)3)17-7-10-4-5-12(22)11(15)6-10;/h4-6,9,22H,7-8H2,1-3H3,(H,16,17);1H. The van der Waals surface area contributed by atoms with Gasteiger partial charge in [-0.3, -0.25) is 9.67 Å². The molecule has 2 rings (SSSR count). The summed E-state index contributed by atoms with van der Waals surface area (Å²) < 4.78 is 15.0. The van der Waals surface area contributed by atoms with Crippen LogP contribution in [0.1, 0.15) is 11.4 Å². The summed E-state index contributed by atoms with van der Waals surface area (Å²) in [6.45, 7) is 0.938. The summed E-state index contributed by atoms with van der Waals surface area (Å²) in [7, 11) is 5.37. The molecule has 0 bridgehead atoms. The van der Waals surface area contributed by atoms with E-state index >= 15 is 0 Å². The number of nitrogens with zero attached hydrogens (tertiary/aromatic N) is 5. The van der Waals surface area contributed by atoms with E-state index in [1.807, 2.05) is 19.0 Å². The molecule has 1 aromatic carbocycles. The van der Waals surface area contributed by atoms with Crippen LogP contribution in [0.3, 0.4) is 0 Å². The molecule has 0 aliphatic carbocycles. The number of phenols is 1. The highest BCUT2D eigenvalue weighted by molar-refractivity contribution is 14.0. The molecule has 0 atom stereocenters. The van der Waals surface area contributed by atoms with E-state index in [0.29, 0.717) is 24.6 Å². The maximum absolute atomic E-state index is 13.3. The number of phenolic OH excluding ortho intramolecular Hbond substituents is 1. The zero-order valence-corrected chi connectivity index (χ0v) is 15.5. The molecule has 23 heavy (non-hydrogen) atoms. The summed E-state index contributed by atoms with van der Waals surface area (Å²) in [5.74, 6) is 0.465. The molecule has 0 radical (unpaired) electrons. The van der Waals surface area contributed by atoms with Crippen LogP contribution in [0.5, 0.6) is 5.75 Å². The minimum Gasteiger partial charge on any atom is -0.505 e. The largest absolute Gasteiger partial charge is 0.505 e. The highest BCUT2D eigenvalue weighted by atomic mass is 127. The Kier molecular flexibility index (Phi) is 7.20. The molecule has 0 saturated carbocycles. The molecule has 0 amide bonds. The van der Waals surface area contributed by atoms with Crippen molar-refractivity contribution < 1.29 is 9.50 Å². The Balaban J connectivity index is 0.00000264. The average Bonchev–Trinajstić information content (AvgIpc) is 2.88. The lowest BCUT2D eigenvalue weighted by atomic mass is 10.2. The molecular weight excluding hydrogens is 414 g/mol. The summed E-state index contributed by atoms with van der Waals surface area (Å²) in [5.41, 5.74) is 0.712. The van der Waals surface area contributed by atoms with Gasteiger partial charge in [0.25, 0.3) is 0 Å². The van der Waals surface area contributed by atoms with Crippen LogP contribution >= 0.6 is 24.0 Å². The van der Waals surface area contributed by atoms with Crippen LogP contribution in [0.2, 0.25) is 0 Å². The zero-order valence-electron chi connectivity index (χ0n) is 13.2. The Morgan fingerprint density at radius 3 is 2.78 bits per heavy atom. The van der Waals surface area contributed by atoms with Crippen LogP contribution in [0.15, 0.2) is 29.5 Å². The normalized spacial score (nSPS) is 11.0. The van der Waals surface area contributed by atoms with Gasteiger partial charge in [0, 0.05) is 27.7 Å². The maximum atomic E-state index is 13.3. The number of rotatable bonds is 4. The van der Waals surface area contributed by atoms with Crippen molar-refractivity contribution >= 4 is 29.9 Å². The quantitative estimate of drug-likeness (QED) is 0.433. The molecule has 0 saturated heterocycles. The van der Waals surface area contributed by atoms with Gasteiger partial charge >= 0.3 is 0 Å². The minimum absolute atomic E-state index is 0. The third kappa shape index (κ3) is 5.05. The third-order valence-electron chi connectivity index (χ3n) is 3.22. The monoisotopic (exact) mass is 434 g/mol. The predicted molar refractivity (Wildman–Crippen MR) is 96.1 cm³/mol. The van der Waals surface area contributed by atoms with Crippen molar-refractivity contribution in [1.82, 2.24) is 25.0 Å². The fourth-order valence-corrected chi connectivity index (χ4v) is 1.98. The van der Waals surface area contributed by atoms with E-state index < -0.39 is 5.82 Å². The number of aromatic hydroxyl groups is 1. The topological polar surface area (TPSA) is 78.6 Å². The van der Waals surface area contributed by atoms with E-state index in [0.717, 1.165) is 5.82 Å². The van der Waals surface area contributed by atoms with Crippen molar-refractivity contribution in [2.75, 3.05) is 14.1 Å². The lowest BCUT2D eigenvalue weighted by molar-refractivity contribution is 0.431. The van der Waals surface area contributed by atoms with Crippen LogP contribution in [0.25, 0.3) is 0 Å². The van der Waals surface area contributed by atoms with E-state index in [1.54, 1.807) is 17.8 Å². The second-order valence-corrected chi connectivity index (χ2v) is 4.84. The molecule has 7 nitrogen and oxygen atoms in total. The molecule has 2 aromatic rings. The Bertz CT molecular complexity index is 675. The van der Waals surface area contributed by atoms with Gasteiger partial charge < -0.3 is 15.3 Å². The van der Waals surface area contributed by atoms with E-state index in [-0.39, 0.29) is 29.7 Å². The molecular formula is C14H20FIN6O. The second kappa shape index (κ2) is 8.65. The van der Waals surface area contributed by atoms with Crippen LogP contribution in [-0.4, -0.2) is 44.8 Å². The lowest BCUT2D eigenvalue weighted by Crippen LogP contribution is -2.38.